The third-order valence-corrected chi connectivity index (χ3v) is 8.80. The Hall–Kier alpha value is -1.13. The molecule has 3 heterocycles. The number of aliphatic hydroxyl groups excluding tert-OH is 1. The third-order valence-electron chi connectivity index (χ3n) is 8.80. The standard InChI is InChI=1S/C20H24O4/c1-10-11-4-7-20(15(10)21)13(8-11)19-6-3-5-18(2)12(19)9-14(20)23-17(19)24-16(18)22/h4,7,11-15,17,21H,1,3,5-6,8-9H2,2H3/t11?,12?,13?,14?,15-,17?,18?,19?,20-/m1/s1. The van der Waals surface area contributed by atoms with Crippen LogP contribution in [-0.2, 0) is 14.3 Å². The summed E-state index contributed by atoms with van der Waals surface area (Å²) in [5.74, 6) is 0.845. The Kier molecular flexibility index (Phi) is 2.25. The van der Waals surface area contributed by atoms with E-state index < -0.39 is 12.4 Å². The lowest BCUT2D eigenvalue weighted by Crippen LogP contribution is -2.79. The predicted molar refractivity (Wildman–Crippen MR) is 85.6 cm³/mol. The molecule has 7 bridgehead atoms. The van der Waals surface area contributed by atoms with Crippen molar-refractivity contribution in [1.29, 1.82) is 0 Å². The van der Waals surface area contributed by atoms with Crippen LogP contribution in [-0.4, -0.2) is 29.6 Å². The number of fused-ring (bicyclic) bond motifs is 1. The van der Waals surface area contributed by atoms with Crippen molar-refractivity contribution in [1.82, 2.24) is 0 Å². The Balaban J connectivity index is 1.59. The van der Waals surface area contributed by atoms with Crippen LogP contribution < -0.4 is 0 Å². The first-order valence-corrected chi connectivity index (χ1v) is 9.37. The van der Waals surface area contributed by atoms with Crippen molar-refractivity contribution in [3.63, 3.8) is 0 Å². The minimum Gasteiger partial charge on any atom is -0.435 e. The van der Waals surface area contributed by atoms with E-state index in [9.17, 15) is 9.90 Å². The molecule has 128 valence electrons. The number of carbonyl (C=O) groups is 1. The first-order valence-electron chi connectivity index (χ1n) is 9.37. The van der Waals surface area contributed by atoms with Crippen molar-refractivity contribution < 1.29 is 19.4 Å². The molecule has 0 aromatic rings. The molecule has 0 amide bonds. The molecule has 5 aliphatic carbocycles. The van der Waals surface area contributed by atoms with Gasteiger partial charge in [-0.05, 0) is 50.0 Å². The van der Waals surface area contributed by atoms with Gasteiger partial charge in [-0.3, -0.25) is 4.79 Å². The highest BCUT2D eigenvalue weighted by molar-refractivity contribution is 5.79. The van der Waals surface area contributed by atoms with Gasteiger partial charge < -0.3 is 14.6 Å². The van der Waals surface area contributed by atoms with E-state index in [0.29, 0.717) is 11.8 Å². The topological polar surface area (TPSA) is 55.8 Å². The number of carbonyl (C=O) groups excluding carboxylic acids is 1. The average Bonchev–Trinajstić information content (AvgIpc) is 2.58. The van der Waals surface area contributed by atoms with Gasteiger partial charge in [0.15, 0.2) is 0 Å². The molecule has 3 saturated carbocycles. The van der Waals surface area contributed by atoms with Gasteiger partial charge in [0.25, 0.3) is 0 Å². The molecular weight excluding hydrogens is 304 g/mol. The molecule has 2 spiro atoms. The van der Waals surface area contributed by atoms with Crippen LogP contribution in [0.3, 0.4) is 0 Å². The van der Waals surface area contributed by atoms with Gasteiger partial charge in [0.05, 0.1) is 17.6 Å². The van der Waals surface area contributed by atoms with E-state index >= 15 is 0 Å². The lowest BCUT2D eigenvalue weighted by atomic mass is 9.34. The molecule has 9 atom stereocenters. The number of aliphatic hydroxyl groups is 1. The molecule has 4 heteroatoms. The van der Waals surface area contributed by atoms with Crippen molar-refractivity contribution in [3.05, 3.63) is 24.3 Å². The number of hydrogen-bond donors (Lipinski definition) is 1. The zero-order valence-corrected chi connectivity index (χ0v) is 14.0. The van der Waals surface area contributed by atoms with E-state index in [1.54, 1.807) is 0 Å². The zero-order chi connectivity index (χ0) is 16.5. The summed E-state index contributed by atoms with van der Waals surface area (Å²) in [6, 6.07) is 0. The van der Waals surface area contributed by atoms with Crippen molar-refractivity contribution in [2.24, 2.45) is 34.0 Å². The third kappa shape index (κ3) is 1.14. The molecule has 0 aromatic heterocycles. The van der Waals surface area contributed by atoms with Crippen LogP contribution in [0.2, 0.25) is 0 Å². The average molecular weight is 328 g/mol. The number of ether oxygens (including phenoxy) is 2. The maximum atomic E-state index is 12.7. The molecule has 7 unspecified atom stereocenters. The summed E-state index contributed by atoms with van der Waals surface area (Å²) < 4.78 is 12.2. The fourth-order valence-corrected chi connectivity index (χ4v) is 7.74. The van der Waals surface area contributed by atoms with Crippen molar-refractivity contribution in [2.75, 3.05) is 0 Å². The number of allylic oxidation sites excluding steroid dienone is 1. The van der Waals surface area contributed by atoms with Gasteiger partial charge in [-0.2, -0.15) is 0 Å². The van der Waals surface area contributed by atoms with E-state index in [1.165, 1.54) is 0 Å². The molecule has 0 radical (unpaired) electrons. The maximum Gasteiger partial charge on any atom is 0.314 e. The van der Waals surface area contributed by atoms with Crippen molar-refractivity contribution >= 4 is 5.97 Å². The van der Waals surface area contributed by atoms with Gasteiger partial charge in [0, 0.05) is 16.7 Å². The number of hydrogen-bond acceptors (Lipinski definition) is 4. The molecule has 4 nitrogen and oxygen atoms in total. The largest absolute Gasteiger partial charge is 0.435 e. The van der Waals surface area contributed by atoms with Crippen LogP contribution in [0.25, 0.3) is 0 Å². The maximum absolute atomic E-state index is 12.7. The number of esters is 1. The van der Waals surface area contributed by atoms with Gasteiger partial charge in [0.1, 0.15) is 0 Å². The van der Waals surface area contributed by atoms with Gasteiger partial charge in [0.2, 0.25) is 6.29 Å². The van der Waals surface area contributed by atoms with Crippen LogP contribution in [0, 0.1) is 34.0 Å². The molecule has 3 saturated heterocycles. The van der Waals surface area contributed by atoms with Crippen LogP contribution in [0.4, 0.5) is 0 Å². The molecule has 24 heavy (non-hydrogen) atoms. The SMILES string of the molecule is C=C1C2C=C[C@@]3(C4CC5C6(C)CCCC5(C(OC6=O)O4)C3C2)[C@@H]1O. The van der Waals surface area contributed by atoms with E-state index in [0.717, 1.165) is 37.7 Å². The number of rotatable bonds is 0. The molecule has 1 N–H and O–H groups in total. The predicted octanol–water partition coefficient (Wildman–Crippen LogP) is 2.57. The molecule has 3 aliphatic heterocycles. The second-order valence-electron chi connectivity index (χ2n) is 9.26. The van der Waals surface area contributed by atoms with Crippen molar-refractivity contribution in [3.8, 4) is 0 Å². The van der Waals surface area contributed by atoms with Gasteiger partial charge in [-0.1, -0.05) is 25.2 Å². The van der Waals surface area contributed by atoms with Crippen LogP contribution in [0.15, 0.2) is 24.3 Å². The van der Waals surface area contributed by atoms with Gasteiger partial charge >= 0.3 is 5.97 Å². The Morgan fingerprint density at radius 3 is 2.96 bits per heavy atom. The molecule has 8 aliphatic rings. The Bertz CT molecular complexity index is 712. The lowest BCUT2D eigenvalue weighted by molar-refractivity contribution is -0.403. The molecule has 8 rings (SSSR count). The first-order chi connectivity index (χ1) is 11.4. The highest BCUT2D eigenvalue weighted by Gasteiger charge is 2.79. The van der Waals surface area contributed by atoms with Crippen LogP contribution in [0.1, 0.15) is 39.0 Å². The molecule has 6 fully saturated rings. The fraction of sp³-hybridized carbons (Fsp3) is 0.750. The first kappa shape index (κ1) is 14.1. The highest BCUT2D eigenvalue weighted by Crippen LogP contribution is 2.76. The zero-order valence-electron chi connectivity index (χ0n) is 14.0. The summed E-state index contributed by atoms with van der Waals surface area (Å²) in [6.07, 6.45) is 8.35. The minimum absolute atomic E-state index is 0.0660. The second-order valence-corrected chi connectivity index (χ2v) is 9.26. The van der Waals surface area contributed by atoms with Gasteiger partial charge in [-0.25, -0.2) is 0 Å². The molecular formula is C20H24O4. The highest BCUT2D eigenvalue weighted by atomic mass is 16.7. The smallest absolute Gasteiger partial charge is 0.314 e. The summed E-state index contributed by atoms with van der Waals surface area (Å²) in [7, 11) is 0. The summed E-state index contributed by atoms with van der Waals surface area (Å²) in [4.78, 5) is 12.7. The van der Waals surface area contributed by atoms with Gasteiger partial charge in [-0.15, -0.1) is 0 Å². The lowest BCUT2D eigenvalue weighted by Gasteiger charge is -2.75. The van der Waals surface area contributed by atoms with Crippen LogP contribution >= 0.6 is 0 Å². The summed E-state index contributed by atoms with van der Waals surface area (Å²) in [5.41, 5.74) is 0.0871. The van der Waals surface area contributed by atoms with Crippen molar-refractivity contribution in [2.45, 2.75) is 57.5 Å². The Morgan fingerprint density at radius 1 is 1.29 bits per heavy atom. The van der Waals surface area contributed by atoms with E-state index in [-0.39, 0.29) is 34.2 Å². The molecule has 0 aromatic carbocycles. The normalized spacial score (nSPS) is 62.4. The Morgan fingerprint density at radius 2 is 2.12 bits per heavy atom. The fourth-order valence-electron chi connectivity index (χ4n) is 7.74. The quantitative estimate of drug-likeness (QED) is 0.548. The summed E-state index contributed by atoms with van der Waals surface area (Å²) in [5, 5.41) is 11.1. The van der Waals surface area contributed by atoms with Crippen LogP contribution in [0.5, 0.6) is 0 Å². The van der Waals surface area contributed by atoms with E-state index in [1.807, 2.05) is 0 Å². The summed E-state index contributed by atoms with van der Waals surface area (Å²) >= 11 is 0. The second kappa shape index (κ2) is 3.83. The van der Waals surface area contributed by atoms with E-state index in [4.69, 9.17) is 9.47 Å². The Labute approximate surface area is 141 Å². The monoisotopic (exact) mass is 328 g/mol. The summed E-state index contributed by atoms with van der Waals surface area (Å²) in [6.45, 7) is 6.29. The van der Waals surface area contributed by atoms with E-state index in [2.05, 4.69) is 25.7 Å². The minimum atomic E-state index is -0.529.